The predicted octanol–water partition coefficient (Wildman–Crippen LogP) is 3.14. The van der Waals surface area contributed by atoms with Crippen LogP contribution in [0.4, 0.5) is 0 Å². The van der Waals surface area contributed by atoms with Crippen LogP contribution in [0.3, 0.4) is 0 Å². The van der Waals surface area contributed by atoms with Crippen LogP contribution in [-0.4, -0.2) is 22.8 Å². The van der Waals surface area contributed by atoms with E-state index >= 15 is 0 Å². The van der Waals surface area contributed by atoms with E-state index in [1.807, 2.05) is 36.6 Å². The number of fused-ring (bicyclic) bond motifs is 1. The van der Waals surface area contributed by atoms with Crippen molar-refractivity contribution in [2.75, 3.05) is 0 Å². The Morgan fingerprint density at radius 1 is 1.07 bits per heavy atom. The topological polar surface area (TPSA) is 94.5 Å². The molecule has 3 heterocycles. The first kappa shape index (κ1) is 18.6. The lowest BCUT2D eigenvalue weighted by atomic mass is 10.1. The zero-order valence-electron chi connectivity index (χ0n) is 15.2. The van der Waals surface area contributed by atoms with Crippen molar-refractivity contribution in [3.8, 4) is 11.5 Å². The number of rotatable bonds is 5. The molecule has 0 aliphatic heterocycles. The van der Waals surface area contributed by atoms with Gasteiger partial charge >= 0.3 is 0 Å². The van der Waals surface area contributed by atoms with Gasteiger partial charge in [0.15, 0.2) is 14.8 Å². The number of nitrogens with zero attached hydrogens (tertiary/aromatic N) is 3. The summed E-state index contributed by atoms with van der Waals surface area (Å²) in [6, 6.07) is 8.88. The smallest absolute Gasteiger partial charge is 0.258 e. The van der Waals surface area contributed by atoms with E-state index in [2.05, 4.69) is 9.97 Å². The van der Waals surface area contributed by atoms with Gasteiger partial charge in [0, 0.05) is 22.7 Å². The molecular formula is C19H17N3O4S2. The minimum Gasteiger partial charge on any atom is -0.444 e. The van der Waals surface area contributed by atoms with Gasteiger partial charge in [-0.05, 0) is 26.0 Å². The van der Waals surface area contributed by atoms with Gasteiger partial charge in [-0.15, -0.1) is 11.3 Å². The second-order valence-corrected chi connectivity index (χ2v) is 9.52. The summed E-state index contributed by atoms with van der Waals surface area (Å²) in [7, 11) is -3.57. The van der Waals surface area contributed by atoms with E-state index in [0.717, 1.165) is 16.8 Å². The molecule has 3 aromatic heterocycles. The van der Waals surface area contributed by atoms with E-state index in [1.165, 1.54) is 28.1 Å². The van der Waals surface area contributed by atoms with E-state index < -0.39 is 9.84 Å². The fraction of sp³-hybridized carbons (Fsp3) is 0.211. The minimum atomic E-state index is -3.57. The highest BCUT2D eigenvalue weighted by Crippen LogP contribution is 2.21. The number of hydrogen-bond donors (Lipinski definition) is 0. The quantitative estimate of drug-likeness (QED) is 0.497. The van der Waals surface area contributed by atoms with E-state index in [9.17, 15) is 13.2 Å². The van der Waals surface area contributed by atoms with Crippen LogP contribution in [0.2, 0.25) is 0 Å². The van der Waals surface area contributed by atoms with Gasteiger partial charge in [0.1, 0.15) is 6.26 Å². The van der Waals surface area contributed by atoms with Gasteiger partial charge in [-0.1, -0.05) is 17.7 Å². The average Bonchev–Trinajstić information content (AvgIpc) is 3.22. The van der Waals surface area contributed by atoms with Gasteiger partial charge in [0.05, 0.1) is 22.9 Å². The molecule has 0 saturated heterocycles. The molecule has 0 spiro atoms. The van der Waals surface area contributed by atoms with E-state index in [1.54, 1.807) is 6.92 Å². The van der Waals surface area contributed by atoms with Gasteiger partial charge < -0.3 is 4.42 Å². The average molecular weight is 415 g/mol. The van der Waals surface area contributed by atoms with E-state index in [-0.39, 0.29) is 22.8 Å². The first-order chi connectivity index (χ1) is 13.3. The molecule has 0 amide bonds. The molecule has 0 bridgehead atoms. The highest BCUT2D eigenvalue weighted by Gasteiger charge is 2.19. The Kier molecular flexibility index (Phi) is 4.64. The van der Waals surface area contributed by atoms with Crippen molar-refractivity contribution in [2.45, 2.75) is 25.4 Å². The van der Waals surface area contributed by atoms with Gasteiger partial charge in [-0.3, -0.25) is 9.20 Å². The lowest BCUT2D eigenvalue weighted by Gasteiger charge is -2.03. The summed E-state index contributed by atoms with van der Waals surface area (Å²) in [6.45, 7) is 3.78. The normalized spacial score (nSPS) is 11.9. The number of oxazole rings is 1. The summed E-state index contributed by atoms with van der Waals surface area (Å²) in [4.78, 5) is 21.3. The van der Waals surface area contributed by atoms with Crippen LogP contribution >= 0.6 is 11.3 Å². The Morgan fingerprint density at radius 3 is 2.54 bits per heavy atom. The SMILES string of the molecule is Cc1ccc(-c2nc(CS(=O)(=O)Cc3cc(=O)n4c(C)csc4n3)co2)cc1. The summed E-state index contributed by atoms with van der Waals surface area (Å²) in [5, 5.41) is 1.81. The number of aryl methyl sites for hydroxylation is 2. The van der Waals surface area contributed by atoms with Crippen LogP contribution in [0.5, 0.6) is 0 Å². The molecule has 4 rings (SSSR count). The van der Waals surface area contributed by atoms with Crippen molar-refractivity contribution in [3.05, 3.63) is 75.0 Å². The van der Waals surface area contributed by atoms with Crippen LogP contribution < -0.4 is 5.56 Å². The molecule has 144 valence electrons. The molecule has 1 aromatic carbocycles. The van der Waals surface area contributed by atoms with Crippen molar-refractivity contribution in [3.63, 3.8) is 0 Å². The summed E-state index contributed by atoms with van der Waals surface area (Å²) in [5.41, 5.74) is 2.94. The van der Waals surface area contributed by atoms with Crippen LogP contribution in [0, 0.1) is 13.8 Å². The lowest BCUT2D eigenvalue weighted by molar-refractivity contribution is 0.571. The van der Waals surface area contributed by atoms with Gasteiger partial charge in [0.2, 0.25) is 5.89 Å². The van der Waals surface area contributed by atoms with Crippen molar-refractivity contribution in [2.24, 2.45) is 0 Å². The number of thiazole rings is 1. The summed E-state index contributed by atoms with van der Waals surface area (Å²) < 4.78 is 32.1. The van der Waals surface area contributed by atoms with Crippen LogP contribution in [0.1, 0.15) is 22.6 Å². The van der Waals surface area contributed by atoms with Crippen molar-refractivity contribution in [1.29, 1.82) is 0 Å². The van der Waals surface area contributed by atoms with Crippen LogP contribution in [-0.2, 0) is 21.3 Å². The van der Waals surface area contributed by atoms with E-state index in [0.29, 0.717) is 16.5 Å². The maximum atomic E-state index is 12.6. The number of hydrogen-bond acceptors (Lipinski definition) is 7. The molecule has 0 radical (unpaired) electrons. The summed E-state index contributed by atoms with van der Waals surface area (Å²) in [5.74, 6) is -0.244. The number of benzene rings is 1. The fourth-order valence-electron chi connectivity index (χ4n) is 2.88. The zero-order chi connectivity index (χ0) is 19.9. The number of sulfone groups is 1. The largest absolute Gasteiger partial charge is 0.444 e. The van der Waals surface area contributed by atoms with Crippen molar-refractivity contribution < 1.29 is 12.8 Å². The number of aromatic nitrogens is 3. The van der Waals surface area contributed by atoms with Crippen LogP contribution in [0.15, 0.2) is 51.2 Å². The lowest BCUT2D eigenvalue weighted by Crippen LogP contribution is -2.17. The summed E-state index contributed by atoms with van der Waals surface area (Å²) >= 11 is 1.30. The summed E-state index contributed by atoms with van der Waals surface area (Å²) in [6.07, 6.45) is 1.35. The van der Waals surface area contributed by atoms with E-state index in [4.69, 9.17) is 4.42 Å². The standard InChI is InChI=1S/C19H17N3O4S2/c1-12-3-5-14(6-4-12)18-20-16(8-26-18)11-28(24,25)10-15-7-17(23)22-13(2)9-27-19(22)21-15/h3-9H,10-11H2,1-2H3. The second-order valence-electron chi connectivity index (χ2n) is 6.62. The highest BCUT2D eigenvalue weighted by atomic mass is 32.2. The predicted molar refractivity (Wildman–Crippen MR) is 107 cm³/mol. The molecule has 0 aliphatic carbocycles. The molecule has 0 N–H and O–H groups in total. The first-order valence-corrected chi connectivity index (χ1v) is 11.2. The minimum absolute atomic E-state index is 0.231. The third-order valence-electron chi connectivity index (χ3n) is 4.21. The highest BCUT2D eigenvalue weighted by molar-refractivity contribution is 7.89. The monoisotopic (exact) mass is 415 g/mol. The molecule has 0 fully saturated rings. The molecule has 0 saturated carbocycles. The second kappa shape index (κ2) is 6.99. The Bertz CT molecular complexity index is 1320. The molecule has 0 atom stereocenters. The Hall–Kier alpha value is -2.78. The third-order valence-corrected chi connectivity index (χ3v) is 6.63. The molecule has 9 heteroatoms. The third kappa shape index (κ3) is 3.76. The zero-order valence-corrected chi connectivity index (χ0v) is 16.9. The van der Waals surface area contributed by atoms with Crippen molar-refractivity contribution >= 4 is 26.1 Å². The Labute approximate surface area is 165 Å². The maximum Gasteiger partial charge on any atom is 0.258 e. The Morgan fingerprint density at radius 2 is 1.79 bits per heavy atom. The fourth-order valence-corrected chi connectivity index (χ4v) is 5.05. The molecule has 0 aliphatic rings. The molecule has 7 nitrogen and oxygen atoms in total. The maximum absolute atomic E-state index is 12.6. The first-order valence-electron chi connectivity index (χ1n) is 8.49. The van der Waals surface area contributed by atoms with Crippen molar-refractivity contribution in [1.82, 2.24) is 14.4 Å². The molecular weight excluding hydrogens is 398 g/mol. The van der Waals surface area contributed by atoms with Gasteiger partial charge in [-0.2, -0.15) is 0 Å². The molecule has 4 aromatic rings. The molecule has 28 heavy (non-hydrogen) atoms. The molecule has 0 unspecified atom stereocenters. The van der Waals surface area contributed by atoms with Crippen LogP contribution in [0.25, 0.3) is 16.4 Å². The Balaban J connectivity index is 1.55. The van der Waals surface area contributed by atoms with Gasteiger partial charge in [0.25, 0.3) is 5.56 Å². The van der Waals surface area contributed by atoms with Gasteiger partial charge in [-0.25, -0.2) is 18.4 Å².